The summed E-state index contributed by atoms with van der Waals surface area (Å²) in [4.78, 5) is 2.36. The van der Waals surface area contributed by atoms with Crippen molar-refractivity contribution in [3.05, 3.63) is 28.2 Å². The van der Waals surface area contributed by atoms with Crippen molar-refractivity contribution in [2.24, 2.45) is 0 Å². The molecule has 3 heteroatoms. The summed E-state index contributed by atoms with van der Waals surface area (Å²) < 4.78 is 1.11. The highest BCUT2D eigenvalue weighted by atomic mass is 79.9. The van der Waals surface area contributed by atoms with E-state index < -0.39 is 0 Å². The molecule has 0 fully saturated rings. The predicted molar refractivity (Wildman–Crippen MR) is 71.0 cm³/mol. The van der Waals surface area contributed by atoms with Crippen molar-refractivity contribution in [3.63, 3.8) is 0 Å². The lowest BCUT2D eigenvalue weighted by Crippen LogP contribution is -2.31. The number of rotatable bonds is 2. The van der Waals surface area contributed by atoms with E-state index in [0.29, 0.717) is 6.04 Å². The topological polar surface area (TPSA) is 23.5 Å². The van der Waals surface area contributed by atoms with Gasteiger partial charge in [-0.1, -0.05) is 22.0 Å². The number of aliphatic hydroxyl groups excluding tert-OH is 1. The van der Waals surface area contributed by atoms with Crippen LogP contribution in [0, 0.1) is 0 Å². The molecular formula is C13H18BrNO. The molecule has 0 saturated carbocycles. The average molecular weight is 284 g/mol. The summed E-state index contributed by atoms with van der Waals surface area (Å²) >= 11 is 3.59. The number of fused-ring (bicyclic) bond motifs is 1. The molecule has 1 aromatic carbocycles. The molecule has 1 heterocycles. The summed E-state index contributed by atoms with van der Waals surface area (Å²) in [5.41, 5.74) is 2.52. The molecule has 0 aromatic heterocycles. The Morgan fingerprint density at radius 3 is 2.62 bits per heavy atom. The molecule has 16 heavy (non-hydrogen) atoms. The first-order valence-corrected chi connectivity index (χ1v) is 6.54. The Bertz CT molecular complexity index is 390. The van der Waals surface area contributed by atoms with E-state index in [0.717, 1.165) is 11.0 Å². The third-order valence-electron chi connectivity index (χ3n) is 3.31. The lowest BCUT2D eigenvalue weighted by Gasteiger charge is -2.24. The molecule has 0 radical (unpaired) electrons. The fourth-order valence-corrected chi connectivity index (χ4v) is 3.08. The summed E-state index contributed by atoms with van der Waals surface area (Å²) in [6, 6.07) is 6.72. The van der Waals surface area contributed by atoms with Gasteiger partial charge in [0.15, 0.2) is 0 Å². The van der Waals surface area contributed by atoms with Gasteiger partial charge in [0, 0.05) is 28.7 Å². The highest BCUT2D eigenvalue weighted by Gasteiger charge is 2.34. The summed E-state index contributed by atoms with van der Waals surface area (Å²) in [5.74, 6) is 0.216. The van der Waals surface area contributed by atoms with E-state index in [1.165, 1.54) is 11.3 Å². The number of anilines is 1. The number of hydrogen-bond acceptors (Lipinski definition) is 2. The van der Waals surface area contributed by atoms with Gasteiger partial charge in [0.1, 0.15) is 0 Å². The maximum Gasteiger partial charge on any atom is 0.0598 e. The van der Waals surface area contributed by atoms with Gasteiger partial charge in [-0.15, -0.1) is 0 Å². The normalized spacial score (nSPS) is 21.4. The monoisotopic (exact) mass is 283 g/mol. The van der Waals surface area contributed by atoms with Crippen LogP contribution in [0.15, 0.2) is 22.7 Å². The molecular weight excluding hydrogens is 266 g/mol. The Hall–Kier alpha value is -0.540. The van der Waals surface area contributed by atoms with Crippen LogP contribution in [0.5, 0.6) is 0 Å². The van der Waals surface area contributed by atoms with Crippen molar-refractivity contribution in [1.82, 2.24) is 0 Å². The molecule has 1 aliphatic heterocycles. The van der Waals surface area contributed by atoms with Gasteiger partial charge in [0.25, 0.3) is 0 Å². The second-order valence-electron chi connectivity index (χ2n) is 4.77. The van der Waals surface area contributed by atoms with Crippen molar-refractivity contribution < 1.29 is 5.11 Å². The molecule has 1 aromatic rings. The first kappa shape index (κ1) is 11.9. The average Bonchev–Trinajstić information content (AvgIpc) is 2.58. The molecule has 0 spiro atoms. The van der Waals surface area contributed by atoms with E-state index in [-0.39, 0.29) is 12.0 Å². The van der Waals surface area contributed by atoms with Gasteiger partial charge in [-0.25, -0.2) is 0 Å². The van der Waals surface area contributed by atoms with Crippen LogP contribution in [0.2, 0.25) is 0 Å². The van der Waals surface area contributed by atoms with Crippen molar-refractivity contribution >= 4 is 21.6 Å². The Balaban J connectivity index is 2.49. The van der Waals surface area contributed by atoms with Gasteiger partial charge in [0.05, 0.1) is 6.10 Å². The van der Waals surface area contributed by atoms with Gasteiger partial charge in [-0.3, -0.25) is 0 Å². The van der Waals surface area contributed by atoms with Crippen molar-refractivity contribution in [2.45, 2.75) is 38.8 Å². The summed E-state index contributed by atoms with van der Waals surface area (Å²) in [6.07, 6.45) is -0.304. The molecule has 2 unspecified atom stereocenters. The number of aliphatic hydroxyl groups is 1. The standard InChI is InChI=1S/C13H18BrNO/c1-8(2)15-7-10(9(3)16)13-11(14)5-4-6-12(13)15/h4-6,8-10,16H,7H2,1-3H3. The van der Waals surface area contributed by atoms with Crippen molar-refractivity contribution in [1.29, 1.82) is 0 Å². The largest absolute Gasteiger partial charge is 0.393 e. The van der Waals surface area contributed by atoms with E-state index in [2.05, 4.69) is 52.9 Å². The zero-order chi connectivity index (χ0) is 11.9. The highest BCUT2D eigenvalue weighted by Crippen LogP contribution is 2.43. The zero-order valence-corrected chi connectivity index (χ0v) is 11.5. The fourth-order valence-electron chi connectivity index (χ4n) is 2.43. The molecule has 2 rings (SSSR count). The summed E-state index contributed by atoms with van der Waals surface area (Å²) in [5, 5.41) is 9.88. The van der Waals surface area contributed by atoms with Gasteiger partial charge in [-0.05, 0) is 38.5 Å². The Labute approximate surface area is 105 Å². The summed E-state index contributed by atoms with van der Waals surface area (Å²) in [6.45, 7) is 7.16. The van der Waals surface area contributed by atoms with Crippen molar-refractivity contribution in [3.8, 4) is 0 Å². The number of halogens is 1. The molecule has 0 bridgehead atoms. The molecule has 88 valence electrons. The van der Waals surface area contributed by atoms with Crippen LogP contribution >= 0.6 is 15.9 Å². The van der Waals surface area contributed by atoms with Gasteiger partial charge >= 0.3 is 0 Å². The maximum atomic E-state index is 9.88. The van der Waals surface area contributed by atoms with Crippen LogP contribution in [-0.2, 0) is 0 Å². The third kappa shape index (κ3) is 1.87. The number of hydrogen-bond donors (Lipinski definition) is 1. The van der Waals surface area contributed by atoms with E-state index in [9.17, 15) is 5.11 Å². The van der Waals surface area contributed by atoms with Crippen LogP contribution in [-0.4, -0.2) is 23.8 Å². The maximum absolute atomic E-state index is 9.88. The quantitative estimate of drug-likeness (QED) is 0.902. The lowest BCUT2D eigenvalue weighted by atomic mass is 9.97. The molecule has 1 N–H and O–H groups in total. The first-order valence-electron chi connectivity index (χ1n) is 5.75. The van der Waals surface area contributed by atoms with E-state index in [1.807, 2.05) is 6.92 Å². The van der Waals surface area contributed by atoms with Crippen molar-refractivity contribution in [2.75, 3.05) is 11.4 Å². The SMILES string of the molecule is CC(O)C1CN(C(C)C)c2cccc(Br)c21. The Morgan fingerprint density at radius 1 is 1.38 bits per heavy atom. The Morgan fingerprint density at radius 2 is 2.06 bits per heavy atom. The number of nitrogens with zero attached hydrogens (tertiary/aromatic N) is 1. The van der Waals surface area contributed by atoms with E-state index in [1.54, 1.807) is 0 Å². The summed E-state index contributed by atoms with van der Waals surface area (Å²) in [7, 11) is 0. The van der Waals surface area contributed by atoms with Crippen LogP contribution in [0.1, 0.15) is 32.3 Å². The van der Waals surface area contributed by atoms with Gasteiger partial charge in [-0.2, -0.15) is 0 Å². The molecule has 0 amide bonds. The van der Waals surface area contributed by atoms with E-state index in [4.69, 9.17) is 0 Å². The van der Waals surface area contributed by atoms with Gasteiger partial charge in [0.2, 0.25) is 0 Å². The molecule has 0 saturated heterocycles. The number of benzene rings is 1. The smallest absolute Gasteiger partial charge is 0.0598 e. The molecule has 2 atom stereocenters. The van der Waals surface area contributed by atoms with Gasteiger partial charge < -0.3 is 10.0 Å². The minimum Gasteiger partial charge on any atom is -0.393 e. The van der Waals surface area contributed by atoms with Crippen LogP contribution in [0.4, 0.5) is 5.69 Å². The van der Waals surface area contributed by atoms with E-state index >= 15 is 0 Å². The second-order valence-corrected chi connectivity index (χ2v) is 5.62. The van der Waals surface area contributed by atoms with Crippen LogP contribution < -0.4 is 4.90 Å². The Kier molecular flexibility index (Phi) is 3.27. The lowest BCUT2D eigenvalue weighted by molar-refractivity contribution is 0.166. The highest BCUT2D eigenvalue weighted by molar-refractivity contribution is 9.10. The minimum absolute atomic E-state index is 0.216. The predicted octanol–water partition coefficient (Wildman–Crippen LogP) is 3.14. The zero-order valence-electron chi connectivity index (χ0n) is 9.94. The first-order chi connectivity index (χ1) is 7.52. The van der Waals surface area contributed by atoms with Crippen LogP contribution in [0.3, 0.4) is 0 Å². The molecule has 2 nitrogen and oxygen atoms in total. The molecule has 1 aliphatic rings. The second kappa shape index (κ2) is 4.38. The fraction of sp³-hybridized carbons (Fsp3) is 0.538. The minimum atomic E-state index is -0.304. The third-order valence-corrected chi connectivity index (χ3v) is 4.00. The molecule has 0 aliphatic carbocycles. The van der Waals surface area contributed by atoms with Crippen LogP contribution in [0.25, 0.3) is 0 Å².